The highest BCUT2D eigenvalue weighted by Crippen LogP contribution is 2.18. The van der Waals surface area contributed by atoms with Crippen LogP contribution in [0.15, 0.2) is 18.2 Å². The maximum atomic E-state index is 12.6. The Morgan fingerprint density at radius 1 is 1.58 bits per heavy atom. The van der Waals surface area contributed by atoms with E-state index in [-0.39, 0.29) is 5.82 Å². The van der Waals surface area contributed by atoms with Crippen molar-refractivity contribution < 1.29 is 4.39 Å². The minimum atomic E-state index is -0.231. The number of benzene rings is 1. The molecule has 12 heavy (non-hydrogen) atoms. The van der Waals surface area contributed by atoms with Crippen LogP contribution in [0.5, 0.6) is 0 Å². The maximum Gasteiger partial charge on any atom is 0.124 e. The summed E-state index contributed by atoms with van der Waals surface area (Å²) in [5.74, 6) is 2.22. The molecule has 0 saturated carbocycles. The highest BCUT2D eigenvalue weighted by Gasteiger charge is 1.98. The summed E-state index contributed by atoms with van der Waals surface area (Å²) in [5, 5.41) is 2.98. The fourth-order valence-corrected chi connectivity index (χ4v) is 1.45. The van der Waals surface area contributed by atoms with Crippen LogP contribution < -0.4 is 5.32 Å². The first-order chi connectivity index (χ1) is 5.74. The van der Waals surface area contributed by atoms with Gasteiger partial charge in [0.15, 0.2) is 0 Å². The van der Waals surface area contributed by atoms with Crippen molar-refractivity contribution in [2.24, 2.45) is 0 Å². The largest absolute Gasteiger partial charge is 0.373 e. The fraction of sp³-hybridized carbons (Fsp3) is 0.111. The molecular formula is C9H7FIN. The monoisotopic (exact) mass is 275 g/mol. The number of terminal acetylenes is 1. The SMILES string of the molecule is C#CCNc1ccc(F)cc1I. The first kappa shape index (κ1) is 9.33. The van der Waals surface area contributed by atoms with E-state index in [1.165, 1.54) is 12.1 Å². The van der Waals surface area contributed by atoms with Crippen LogP contribution >= 0.6 is 22.6 Å². The van der Waals surface area contributed by atoms with Crippen LogP contribution in [0, 0.1) is 21.7 Å². The zero-order valence-corrected chi connectivity index (χ0v) is 8.43. The normalized spacial score (nSPS) is 9.08. The Hall–Kier alpha value is -0.760. The van der Waals surface area contributed by atoms with Crippen LogP contribution in [0.25, 0.3) is 0 Å². The van der Waals surface area contributed by atoms with Crippen molar-refractivity contribution in [2.45, 2.75) is 0 Å². The molecule has 1 aromatic rings. The van der Waals surface area contributed by atoms with Crippen LogP contribution in [0.3, 0.4) is 0 Å². The van der Waals surface area contributed by atoms with Gasteiger partial charge in [-0.2, -0.15) is 0 Å². The Balaban J connectivity index is 2.81. The van der Waals surface area contributed by atoms with Crippen LogP contribution in [-0.4, -0.2) is 6.54 Å². The van der Waals surface area contributed by atoms with E-state index in [0.29, 0.717) is 6.54 Å². The van der Waals surface area contributed by atoms with Gasteiger partial charge in [0.05, 0.1) is 6.54 Å². The lowest BCUT2D eigenvalue weighted by Crippen LogP contribution is -2.00. The lowest BCUT2D eigenvalue weighted by molar-refractivity contribution is 0.627. The molecule has 3 heteroatoms. The Bertz CT molecular complexity index is 317. The third-order valence-electron chi connectivity index (χ3n) is 1.31. The summed E-state index contributed by atoms with van der Waals surface area (Å²) < 4.78 is 13.4. The van der Waals surface area contributed by atoms with Crippen molar-refractivity contribution in [1.29, 1.82) is 0 Å². The molecule has 0 aromatic heterocycles. The molecule has 1 aromatic carbocycles. The van der Waals surface area contributed by atoms with Gasteiger partial charge < -0.3 is 5.32 Å². The number of hydrogen-bond donors (Lipinski definition) is 1. The summed E-state index contributed by atoms with van der Waals surface area (Å²) in [7, 11) is 0. The predicted molar refractivity (Wildman–Crippen MR) is 56.4 cm³/mol. The molecule has 0 fully saturated rings. The topological polar surface area (TPSA) is 12.0 Å². The second-order valence-corrected chi connectivity index (χ2v) is 3.34. The van der Waals surface area contributed by atoms with E-state index >= 15 is 0 Å². The number of halogens is 2. The van der Waals surface area contributed by atoms with E-state index in [0.717, 1.165) is 9.26 Å². The summed E-state index contributed by atoms with van der Waals surface area (Å²) in [6.07, 6.45) is 5.07. The molecule has 0 aliphatic carbocycles. The van der Waals surface area contributed by atoms with Gasteiger partial charge in [-0.3, -0.25) is 0 Å². The molecule has 0 aliphatic rings. The molecule has 0 atom stereocenters. The quantitative estimate of drug-likeness (QED) is 0.646. The lowest BCUT2D eigenvalue weighted by atomic mass is 10.3. The van der Waals surface area contributed by atoms with Crippen molar-refractivity contribution in [1.82, 2.24) is 0 Å². The second kappa shape index (κ2) is 4.31. The molecule has 0 saturated heterocycles. The van der Waals surface area contributed by atoms with E-state index in [4.69, 9.17) is 6.42 Å². The van der Waals surface area contributed by atoms with E-state index in [2.05, 4.69) is 33.8 Å². The second-order valence-electron chi connectivity index (χ2n) is 2.18. The van der Waals surface area contributed by atoms with Crippen LogP contribution in [0.4, 0.5) is 10.1 Å². The Morgan fingerprint density at radius 2 is 2.33 bits per heavy atom. The number of hydrogen-bond acceptors (Lipinski definition) is 1. The Labute approximate surface area is 84.5 Å². The first-order valence-electron chi connectivity index (χ1n) is 3.36. The van der Waals surface area contributed by atoms with Gasteiger partial charge in [-0.15, -0.1) is 6.42 Å². The molecule has 0 bridgehead atoms. The smallest absolute Gasteiger partial charge is 0.124 e. The van der Waals surface area contributed by atoms with Crippen LogP contribution in [0.1, 0.15) is 0 Å². The molecule has 0 radical (unpaired) electrons. The number of rotatable bonds is 2. The minimum absolute atomic E-state index is 0.231. The fourth-order valence-electron chi connectivity index (χ4n) is 0.779. The third-order valence-corrected chi connectivity index (χ3v) is 2.20. The molecule has 0 unspecified atom stereocenters. The Kier molecular flexibility index (Phi) is 3.35. The van der Waals surface area contributed by atoms with Crippen LogP contribution in [-0.2, 0) is 0 Å². The van der Waals surface area contributed by atoms with Crippen molar-refractivity contribution in [3.63, 3.8) is 0 Å². The van der Waals surface area contributed by atoms with Crippen molar-refractivity contribution >= 4 is 28.3 Å². The standard InChI is InChI=1S/C9H7FIN/c1-2-5-12-9-4-3-7(10)6-8(9)11/h1,3-4,6,12H,5H2. The zero-order valence-electron chi connectivity index (χ0n) is 6.27. The van der Waals surface area contributed by atoms with E-state index < -0.39 is 0 Å². The highest BCUT2D eigenvalue weighted by atomic mass is 127. The average molecular weight is 275 g/mol. The molecular weight excluding hydrogens is 268 g/mol. The third kappa shape index (κ3) is 2.38. The molecule has 1 N–H and O–H groups in total. The summed E-state index contributed by atoms with van der Waals surface area (Å²) >= 11 is 2.05. The van der Waals surface area contributed by atoms with Crippen molar-refractivity contribution in [3.05, 3.63) is 27.6 Å². The number of nitrogens with one attached hydrogen (secondary N) is 1. The average Bonchev–Trinajstić information content (AvgIpc) is 2.03. The minimum Gasteiger partial charge on any atom is -0.373 e. The summed E-state index contributed by atoms with van der Waals surface area (Å²) in [5.41, 5.74) is 0.870. The number of anilines is 1. The molecule has 0 amide bonds. The van der Waals surface area contributed by atoms with Gasteiger partial charge in [-0.05, 0) is 40.8 Å². The van der Waals surface area contributed by atoms with Gasteiger partial charge in [-0.1, -0.05) is 5.92 Å². The molecule has 1 nitrogen and oxygen atoms in total. The molecule has 1 rings (SSSR count). The molecule has 0 aliphatic heterocycles. The van der Waals surface area contributed by atoms with Crippen LogP contribution in [0.2, 0.25) is 0 Å². The van der Waals surface area contributed by atoms with Crippen molar-refractivity contribution in [3.8, 4) is 12.3 Å². The summed E-state index contributed by atoms with van der Waals surface area (Å²) in [6.45, 7) is 0.460. The maximum absolute atomic E-state index is 12.6. The first-order valence-corrected chi connectivity index (χ1v) is 4.44. The molecule has 62 valence electrons. The highest BCUT2D eigenvalue weighted by molar-refractivity contribution is 14.1. The van der Waals surface area contributed by atoms with Gasteiger partial charge in [0.25, 0.3) is 0 Å². The molecule has 0 heterocycles. The van der Waals surface area contributed by atoms with E-state index in [9.17, 15) is 4.39 Å². The van der Waals surface area contributed by atoms with Gasteiger partial charge in [-0.25, -0.2) is 4.39 Å². The van der Waals surface area contributed by atoms with E-state index in [1.807, 2.05) is 0 Å². The lowest BCUT2D eigenvalue weighted by Gasteiger charge is -2.04. The van der Waals surface area contributed by atoms with E-state index in [1.54, 1.807) is 6.07 Å². The summed E-state index contributed by atoms with van der Waals surface area (Å²) in [6, 6.07) is 4.54. The van der Waals surface area contributed by atoms with Gasteiger partial charge in [0.1, 0.15) is 5.82 Å². The van der Waals surface area contributed by atoms with Gasteiger partial charge in [0, 0.05) is 9.26 Å². The Morgan fingerprint density at radius 3 is 2.92 bits per heavy atom. The van der Waals surface area contributed by atoms with Crippen molar-refractivity contribution in [2.75, 3.05) is 11.9 Å². The zero-order chi connectivity index (χ0) is 8.97. The van der Waals surface area contributed by atoms with Gasteiger partial charge >= 0.3 is 0 Å². The molecule has 0 spiro atoms. The predicted octanol–water partition coefficient (Wildman–Crippen LogP) is 2.48. The summed E-state index contributed by atoms with van der Waals surface area (Å²) in [4.78, 5) is 0. The van der Waals surface area contributed by atoms with Gasteiger partial charge in [0.2, 0.25) is 0 Å².